The van der Waals surface area contributed by atoms with Crippen LogP contribution in [0.3, 0.4) is 0 Å². The van der Waals surface area contributed by atoms with Gasteiger partial charge in [0.1, 0.15) is 16.6 Å². The van der Waals surface area contributed by atoms with Gasteiger partial charge in [-0.2, -0.15) is 0 Å². The first-order chi connectivity index (χ1) is 11.1. The highest BCUT2D eigenvalue weighted by Crippen LogP contribution is 2.14. The van der Waals surface area contributed by atoms with Gasteiger partial charge in [-0.05, 0) is 23.3 Å². The fraction of sp³-hybridized carbons (Fsp3) is 0.111. The van der Waals surface area contributed by atoms with E-state index in [1.807, 2.05) is 30.5 Å². The zero-order valence-corrected chi connectivity index (χ0v) is 13.3. The van der Waals surface area contributed by atoms with Crippen molar-refractivity contribution < 1.29 is 4.39 Å². The Hall–Kier alpha value is -2.53. The lowest BCUT2D eigenvalue weighted by Crippen LogP contribution is -2.14. The molecule has 5 heteroatoms. The molecule has 1 aromatic heterocycles. The molecule has 0 unspecified atom stereocenters. The van der Waals surface area contributed by atoms with Crippen LogP contribution in [0.1, 0.15) is 22.5 Å². The summed E-state index contributed by atoms with van der Waals surface area (Å²) in [5.41, 5.74) is 8.74. The molecule has 0 atom stereocenters. The van der Waals surface area contributed by atoms with Crippen LogP contribution in [0.25, 0.3) is 0 Å². The number of aromatic nitrogens is 2. The standard InChI is InChI=1S/C18H16FN3S/c19-15-7-5-13(6-8-15)11-17-21-9-10-22(17)12-14-3-1-2-4-16(14)18(20)23/h1-10H,11-12H2,(H2,20,23). The maximum absolute atomic E-state index is 13.0. The Morgan fingerprint density at radius 1 is 1.13 bits per heavy atom. The number of rotatable bonds is 5. The Kier molecular flexibility index (Phi) is 4.48. The third-order valence-corrected chi connectivity index (χ3v) is 3.92. The number of nitrogens with two attached hydrogens (primary N) is 1. The highest BCUT2D eigenvalue weighted by atomic mass is 32.1. The highest BCUT2D eigenvalue weighted by molar-refractivity contribution is 7.80. The molecule has 0 spiro atoms. The monoisotopic (exact) mass is 325 g/mol. The van der Waals surface area contributed by atoms with Gasteiger partial charge >= 0.3 is 0 Å². The summed E-state index contributed by atoms with van der Waals surface area (Å²) in [5, 5.41) is 0. The highest BCUT2D eigenvalue weighted by Gasteiger charge is 2.09. The summed E-state index contributed by atoms with van der Waals surface area (Å²) in [6, 6.07) is 14.3. The fourth-order valence-corrected chi connectivity index (χ4v) is 2.72. The Balaban J connectivity index is 1.84. The van der Waals surface area contributed by atoms with Crippen LogP contribution in [0.5, 0.6) is 0 Å². The predicted molar refractivity (Wildman–Crippen MR) is 92.9 cm³/mol. The van der Waals surface area contributed by atoms with Crippen molar-refractivity contribution in [1.82, 2.24) is 9.55 Å². The summed E-state index contributed by atoms with van der Waals surface area (Å²) in [6.45, 7) is 0.643. The lowest BCUT2D eigenvalue weighted by molar-refractivity contribution is 0.627. The van der Waals surface area contributed by atoms with E-state index >= 15 is 0 Å². The fourth-order valence-electron chi connectivity index (χ4n) is 2.52. The summed E-state index contributed by atoms with van der Waals surface area (Å²) in [4.78, 5) is 4.80. The molecule has 0 bridgehead atoms. The zero-order chi connectivity index (χ0) is 16.2. The lowest BCUT2D eigenvalue weighted by atomic mass is 10.1. The van der Waals surface area contributed by atoms with Crippen LogP contribution in [0.2, 0.25) is 0 Å². The van der Waals surface area contributed by atoms with Crippen molar-refractivity contribution in [2.75, 3.05) is 0 Å². The molecule has 0 aliphatic heterocycles. The number of benzene rings is 2. The molecular formula is C18H16FN3S. The Bertz CT molecular complexity index is 824. The van der Waals surface area contributed by atoms with Crippen LogP contribution < -0.4 is 5.73 Å². The average molecular weight is 325 g/mol. The van der Waals surface area contributed by atoms with E-state index in [1.54, 1.807) is 18.3 Å². The van der Waals surface area contributed by atoms with Crippen molar-refractivity contribution >= 4 is 17.2 Å². The van der Waals surface area contributed by atoms with E-state index in [2.05, 4.69) is 9.55 Å². The van der Waals surface area contributed by atoms with Crippen LogP contribution in [-0.2, 0) is 13.0 Å². The minimum Gasteiger partial charge on any atom is -0.389 e. The van der Waals surface area contributed by atoms with Crippen LogP contribution in [0.15, 0.2) is 60.9 Å². The van der Waals surface area contributed by atoms with Crippen molar-refractivity contribution in [3.63, 3.8) is 0 Å². The van der Waals surface area contributed by atoms with Crippen LogP contribution >= 0.6 is 12.2 Å². The smallest absolute Gasteiger partial charge is 0.123 e. The van der Waals surface area contributed by atoms with E-state index in [0.717, 1.165) is 22.5 Å². The summed E-state index contributed by atoms with van der Waals surface area (Å²) in [6.07, 6.45) is 4.33. The molecule has 3 nitrogen and oxygen atoms in total. The second kappa shape index (κ2) is 6.71. The molecule has 2 aromatic carbocycles. The first-order valence-electron chi connectivity index (χ1n) is 7.25. The maximum Gasteiger partial charge on any atom is 0.123 e. The molecule has 2 N–H and O–H groups in total. The zero-order valence-electron chi connectivity index (χ0n) is 12.4. The number of thiocarbonyl (C=S) groups is 1. The second-order valence-electron chi connectivity index (χ2n) is 5.30. The Labute approximate surface area is 139 Å². The minimum atomic E-state index is -0.234. The van der Waals surface area contributed by atoms with Crippen molar-refractivity contribution in [2.45, 2.75) is 13.0 Å². The lowest BCUT2D eigenvalue weighted by Gasteiger charge is -2.11. The first kappa shape index (κ1) is 15.4. The van der Waals surface area contributed by atoms with Crippen LogP contribution in [-0.4, -0.2) is 14.5 Å². The SMILES string of the molecule is NC(=S)c1ccccc1Cn1ccnc1Cc1ccc(F)cc1. The average Bonchev–Trinajstić information content (AvgIpc) is 2.97. The van der Waals surface area contributed by atoms with E-state index in [4.69, 9.17) is 18.0 Å². The van der Waals surface area contributed by atoms with Crippen molar-refractivity contribution in [3.8, 4) is 0 Å². The van der Waals surface area contributed by atoms with Gasteiger partial charge in [-0.15, -0.1) is 0 Å². The maximum atomic E-state index is 13.0. The predicted octanol–water partition coefficient (Wildman–Crippen LogP) is 3.30. The summed E-state index contributed by atoms with van der Waals surface area (Å²) >= 11 is 5.11. The molecular weight excluding hydrogens is 309 g/mol. The third-order valence-electron chi connectivity index (χ3n) is 3.70. The summed E-state index contributed by atoms with van der Waals surface area (Å²) in [5.74, 6) is 0.678. The topological polar surface area (TPSA) is 43.8 Å². The van der Waals surface area contributed by atoms with Gasteiger partial charge in [0, 0.05) is 30.9 Å². The van der Waals surface area contributed by atoms with E-state index in [-0.39, 0.29) is 5.82 Å². The van der Waals surface area contributed by atoms with Crippen LogP contribution in [0, 0.1) is 5.82 Å². The minimum absolute atomic E-state index is 0.234. The van der Waals surface area contributed by atoms with Crippen molar-refractivity contribution in [1.29, 1.82) is 0 Å². The Morgan fingerprint density at radius 2 is 1.87 bits per heavy atom. The number of hydrogen-bond acceptors (Lipinski definition) is 2. The summed E-state index contributed by atoms with van der Waals surface area (Å²) < 4.78 is 15.1. The largest absolute Gasteiger partial charge is 0.389 e. The molecule has 0 radical (unpaired) electrons. The number of hydrogen-bond donors (Lipinski definition) is 1. The quantitative estimate of drug-likeness (QED) is 0.732. The number of halogens is 1. The molecule has 1 heterocycles. The molecule has 23 heavy (non-hydrogen) atoms. The first-order valence-corrected chi connectivity index (χ1v) is 7.66. The van der Waals surface area contributed by atoms with Gasteiger partial charge in [0.05, 0.1) is 0 Å². The second-order valence-corrected chi connectivity index (χ2v) is 5.74. The van der Waals surface area contributed by atoms with Gasteiger partial charge in [-0.3, -0.25) is 0 Å². The van der Waals surface area contributed by atoms with Gasteiger partial charge in [0.15, 0.2) is 0 Å². The third kappa shape index (κ3) is 3.63. The van der Waals surface area contributed by atoms with Crippen LogP contribution in [0.4, 0.5) is 4.39 Å². The molecule has 116 valence electrons. The van der Waals surface area contributed by atoms with Gasteiger partial charge in [-0.1, -0.05) is 48.6 Å². The molecule has 3 rings (SSSR count). The number of nitrogens with zero attached hydrogens (tertiary/aromatic N) is 2. The molecule has 0 amide bonds. The summed E-state index contributed by atoms with van der Waals surface area (Å²) in [7, 11) is 0. The molecule has 0 fully saturated rings. The normalized spacial score (nSPS) is 10.7. The van der Waals surface area contributed by atoms with Gasteiger partial charge in [0.25, 0.3) is 0 Å². The molecule has 0 aliphatic rings. The van der Waals surface area contributed by atoms with Gasteiger partial charge in [-0.25, -0.2) is 9.37 Å². The Morgan fingerprint density at radius 3 is 2.61 bits per heavy atom. The molecule has 3 aromatic rings. The van der Waals surface area contributed by atoms with Gasteiger partial charge in [0.2, 0.25) is 0 Å². The van der Waals surface area contributed by atoms with E-state index < -0.39 is 0 Å². The van der Waals surface area contributed by atoms with E-state index in [0.29, 0.717) is 18.0 Å². The van der Waals surface area contributed by atoms with Crippen molar-refractivity contribution in [2.24, 2.45) is 5.73 Å². The van der Waals surface area contributed by atoms with E-state index in [1.165, 1.54) is 12.1 Å². The molecule has 0 saturated carbocycles. The molecule has 0 aliphatic carbocycles. The number of imidazole rings is 1. The van der Waals surface area contributed by atoms with Gasteiger partial charge < -0.3 is 10.3 Å². The molecule has 0 saturated heterocycles. The van der Waals surface area contributed by atoms with Crippen molar-refractivity contribution in [3.05, 3.63) is 89.3 Å². The van der Waals surface area contributed by atoms with E-state index in [9.17, 15) is 4.39 Å².